The first-order valence-corrected chi connectivity index (χ1v) is 4.64. The van der Waals surface area contributed by atoms with Crippen LogP contribution >= 0.6 is 12.6 Å². The SMILES string of the molecule is CCOC(=O)c1cc(F)c(C#N)c(S)c1. The van der Waals surface area contributed by atoms with E-state index in [0.717, 1.165) is 6.07 Å². The molecule has 0 spiro atoms. The highest BCUT2D eigenvalue weighted by Crippen LogP contribution is 2.19. The summed E-state index contributed by atoms with van der Waals surface area (Å²) in [5.41, 5.74) is -0.121. The molecule has 0 unspecified atom stereocenters. The Kier molecular flexibility index (Phi) is 3.69. The fourth-order valence-corrected chi connectivity index (χ4v) is 1.33. The highest BCUT2D eigenvalue weighted by atomic mass is 32.1. The summed E-state index contributed by atoms with van der Waals surface area (Å²) in [6.45, 7) is 1.86. The lowest BCUT2D eigenvalue weighted by Gasteiger charge is -2.04. The van der Waals surface area contributed by atoms with Crippen molar-refractivity contribution in [3.8, 4) is 6.07 Å². The van der Waals surface area contributed by atoms with Crippen molar-refractivity contribution in [1.29, 1.82) is 5.26 Å². The van der Waals surface area contributed by atoms with E-state index in [9.17, 15) is 9.18 Å². The molecule has 1 aromatic rings. The Morgan fingerprint density at radius 2 is 2.33 bits per heavy atom. The van der Waals surface area contributed by atoms with Crippen LogP contribution in [-0.4, -0.2) is 12.6 Å². The Hall–Kier alpha value is -1.54. The summed E-state index contributed by atoms with van der Waals surface area (Å²) in [4.78, 5) is 11.4. The van der Waals surface area contributed by atoms with Gasteiger partial charge in [0.15, 0.2) is 0 Å². The highest BCUT2D eigenvalue weighted by molar-refractivity contribution is 7.80. The maximum absolute atomic E-state index is 13.2. The molecule has 0 heterocycles. The second-order valence-electron chi connectivity index (χ2n) is 2.68. The summed E-state index contributed by atoms with van der Waals surface area (Å²) in [5, 5.41) is 8.58. The van der Waals surface area contributed by atoms with Gasteiger partial charge < -0.3 is 4.74 Å². The van der Waals surface area contributed by atoms with Crippen LogP contribution in [-0.2, 0) is 4.74 Å². The maximum atomic E-state index is 13.2. The van der Waals surface area contributed by atoms with Crippen LogP contribution in [0.1, 0.15) is 22.8 Å². The van der Waals surface area contributed by atoms with Crippen molar-refractivity contribution in [2.75, 3.05) is 6.61 Å². The zero-order valence-corrected chi connectivity index (χ0v) is 8.85. The molecule has 0 saturated carbocycles. The van der Waals surface area contributed by atoms with Gasteiger partial charge in [0.05, 0.1) is 12.2 Å². The van der Waals surface area contributed by atoms with Gasteiger partial charge in [-0.2, -0.15) is 5.26 Å². The molecule has 0 bridgehead atoms. The minimum absolute atomic E-state index is 0.0540. The van der Waals surface area contributed by atoms with Gasteiger partial charge in [0.1, 0.15) is 17.4 Å². The molecule has 0 radical (unpaired) electrons. The molecule has 0 amide bonds. The van der Waals surface area contributed by atoms with Crippen LogP contribution in [0.2, 0.25) is 0 Å². The number of carbonyl (C=O) groups excluding carboxylic acids is 1. The van der Waals surface area contributed by atoms with Crippen molar-refractivity contribution in [3.63, 3.8) is 0 Å². The van der Waals surface area contributed by atoms with Gasteiger partial charge in [0, 0.05) is 4.90 Å². The topological polar surface area (TPSA) is 50.1 Å². The van der Waals surface area contributed by atoms with Crippen molar-refractivity contribution in [2.45, 2.75) is 11.8 Å². The normalized spacial score (nSPS) is 9.47. The fourth-order valence-electron chi connectivity index (χ4n) is 1.04. The van der Waals surface area contributed by atoms with Gasteiger partial charge in [-0.25, -0.2) is 9.18 Å². The summed E-state index contributed by atoms with van der Waals surface area (Å²) in [7, 11) is 0. The van der Waals surface area contributed by atoms with E-state index < -0.39 is 11.8 Å². The third-order valence-corrected chi connectivity index (χ3v) is 2.05. The average molecular weight is 225 g/mol. The van der Waals surface area contributed by atoms with E-state index in [1.807, 2.05) is 0 Å². The molecule has 78 valence electrons. The van der Waals surface area contributed by atoms with Crippen LogP contribution in [0.15, 0.2) is 17.0 Å². The van der Waals surface area contributed by atoms with E-state index in [0.29, 0.717) is 0 Å². The first kappa shape index (κ1) is 11.5. The quantitative estimate of drug-likeness (QED) is 0.619. The lowest BCUT2D eigenvalue weighted by atomic mass is 10.1. The van der Waals surface area contributed by atoms with E-state index in [4.69, 9.17) is 5.26 Å². The summed E-state index contributed by atoms with van der Waals surface area (Å²) in [6, 6.07) is 3.93. The number of esters is 1. The predicted molar refractivity (Wildman–Crippen MR) is 54.3 cm³/mol. The van der Waals surface area contributed by atoms with Gasteiger partial charge in [0.2, 0.25) is 0 Å². The number of ether oxygens (including phenoxy) is 1. The summed E-state index contributed by atoms with van der Waals surface area (Å²) in [5.74, 6) is -1.40. The van der Waals surface area contributed by atoms with E-state index in [1.54, 1.807) is 13.0 Å². The Morgan fingerprint density at radius 1 is 1.67 bits per heavy atom. The van der Waals surface area contributed by atoms with Gasteiger partial charge >= 0.3 is 5.97 Å². The summed E-state index contributed by atoms with van der Waals surface area (Å²) in [6.07, 6.45) is 0. The summed E-state index contributed by atoms with van der Waals surface area (Å²) < 4.78 is 17.9. The Morgan fingerprint density at radius 3 is 2.80 bits per heavy atom. The minimum Gasteiger partial charge on any atom is -0.462 e. The molecule has 15 heavy (non-hydrogen) atoms. The van der Waals surface area contributed by atoms with Crippen molar-refractivity contribution in [1.82, 2.24) is 0 Å². The molecule has 0 aliphatic heterocycles. The van der Waals surface area contributed by atoms with Crippen LogP contribution in [0.3, 0.4) is 0 Å². The predicted octanol–water partition coefficient (Wildman–Crippen LogP) is 2.16. The van der Waals surface area contributed by atoms with E-state index in [-0.39, 0.29) is 22.6 Å². The average Bonchev–Trinajstić information content (AvgIpc) is 2.17. The third-order valence-electron chi connectivity index (χ3n) is 1.69. The molecule has 0 aromatic heterocycles. The first-order chi connectivity index (χ1) is 7.10. The van der Waals surface area contributed by atoms with Crippen LogP contribution in [0.4, 0.5) is 4.39 Å². The second-order valence-corrected chi connectivity index (χ2v) is 3.17. The van der Waals surface area contributed by atoms with Gasteiger partial charge in [0.25, 0.3) is 0 Å². The molecular weight excluding hydrogens is 217 g/mol. The van der Waals surface area contributed by atoms with Crippen LogP contribution in [0.25, 0.3) is 0 Å². The number of benzene rings is 1. The molecular formula is C10H8FNO2S. The molecule has 0 N–H and O–H groups in total. The molecule has 5 heteroatoms. The Bertz CT molecular complexity index is 417. The minimum atomic E-state index is -0.770. The van der Waals surface area contributed by atoms with E-state index in [2.05, 4.69) is 17.4 Å². The second kappa shape index (κ2) is 4.80. The fraction of sp³-hybridized carbons (Fsp3) is 0.200. The molecule has 0 atom stereocenters. The van der Waals surface area contributed by atoms with Crippen molar-refractivity contribution >= 4 is 18.6 Å². The van der Waals surface area contributed by atoms with Crippen LogP contribution in [0.5, 0.6) is 0 Å². The standard InChI is InChI=1S/C10H8FNO2S/c1-2-14-10(13)6-3-8(11)7(5-12)9(15)4-6/h3-4,15H,2H2,1H3. The van der Waals surface area contributed by atoms with Crippen molar-refractivity contribution in [3.05, 3.63) is 29.1 Å². The molecule has 0 aliphatic rings. The highest BCUT2D eigenvalue weighted by Gasteiger charge is 2.13. The van der Waals surface area contributed by atoms with Gasteiger partial charge in [-0.3, -0.25) is 0 Å². The number of carbonyl (C=O) groups is 1. The number of rotatable bonds is 2. The van der Waals surface area contributed by atoms with Gasteiger partial charge in [-0.15, -0.1) is 12.6 Å². The molecule has 0 aliphatic carbocycles. The largest absolute Gasteiger partial charge is 0.462 e. The monoisotopic (exact) mass is 225 g/mol. The van der Waals surface area contributed by atoms with Crippen LogP contribution in [0, 0.1) is 17.1 Å². The number of halogens is 1. The first-order valence-electron chi connectivity index (χ1n) is 4.19. The van der Waals surface area contributed by atoms with Crippen molar-refractivity contribution < 1.29 is 13.9 Å². The zero-order valence-electron chi connectivity index (χ0n) is 7.95. The smallest absolute Gasteiger partial charge is 0.338 e. The van der Waals surface area contributed by atoms with Crippen molar-refractivity contribution in [2.24, 2.45) is 0 Å². The molecule has 1 aromatic carbocycles. The Labute approximate surface area is 91.9 Å². The number of hydrogen-bond acceptors (Lipinski definition) is 4. The number of hydrogen-bond donors (Lipinski definition) is 1. The molecule has 3 nitrogen and oxygen atoms in total. The Balaban J connectivity index is 3.15. The number of nitrogens with zero attached hydrogens (tertiary/aromatic N) is 1. The molecule has 0 saturated heterocycles. The number of nitriles is 1. The lowest BCUT2D eigenvalue weighted by molar-refractivity contribution is 0.0525. The molecule has 0 fully saturated rings. The van der Waals surface area contributed by atoms with E-state index in [1.165, 1.54) is 6.07 Å². The third kappa shape index (κ3) is 2.48. The van der Waals surface area contributed by atoms with E-state index >= 15 is 0 Å². The number of thiol groups is 1. The maximum Gasteiger partial charge on any atom is 0.338 e. The van der Waals surface area contributed by atoms with Crippen LogP contribution < -0.4 is 0 Å². The van der Waals surface area contributed by atoms with Gasteiger partial charge in [-0.05, 0) is 19.1 Å². The zero-order chi connectivity index (χ0) is 11.4. The summed E-state index contributed by atoms with van der Waals surface area (Å²) >= 11 is 3.91. The molecule has 1 rings (SSSR count). The lowest BCUT2D eigenvalue weighted by Crippen LogP contribution is -2.06. The van der Waals surface area contributed by atoms with Gasteiger partial charge in [-0.1, -0.05) is 0 Å².